The Labute approximate surface area is 175 Å². The van der Waals surface area contributed by atoms with Crippen LogP contribution < -0.4 is 0 Å². The number of allylic oxidation sites excluding steroid dienone is 4. The van der Waals surface area contributed by atoms with E-state index in [2.05, 4.69) is 45.1 Å². The third kappa shape index (κ3) is 7.40. The Hall–Kier alpha value is -1.43. The van der Waals surface area contributed by atoms with Gasteiger partial charge in [-0.25, -0.2) is 4.79 Å². The molecule has 164 valence electrons. The molecule has 0 saturated carbocycles. The minimum absolute atomic E-state index is 0.00868. The van der Waals surface area contributed by atoms with Gasteiger partial charge in [-0.05, 0) is 43.8 Å². The molecule has 1 saturated heterocycles. The van der Waals surface area contributed by atoms with E-state index in [9.17, 15) is 9.90 Å². The molecule has 0 radical (unpaired) electrons. The number of carboxylic acid groups (broad SMARTS) is 1. The Morgan fingerprint density at radius 2 is 1.93 bits per heavy atom. The van der Waals surface area contributed by atoms with Crippen molar-refractivity contribution in [2.75, 3.05) is 0 Å². The predicted molar refractivity (Wildman–Crippen MR) is 114 cm³/mol. The van der Waals surface area contributed by atoms with Gasteiger partial charge in [0.25, 0.3) is 0 Å². The highest BCUT2D eigenvalue weighted by molar-refractivity contribution is 5.71. The van der Waals surface area contributed by atoms with E-state index in [0.29, 0.717) is 12.3 Å². The lowest BCUT2D eigenvalue weighted by Gasteiger charge is -2.20. The average Bonchev–Trinajstić information content (AvgIpc) is 3.22. The predicted octanol–water partition coefficient (Wildman–Crippen LogP) is 5.01. The number of aliphatic hydroxyl groups excluding tert-OH is 1. The number of carboxylic acids is 1. The molecule has 0 bridgehead atoms. The van der Waals surface area contributed by atoms with Gasteiger partial charge < -0.3 is 19.7 Å². The number of hydrogen-bond donors (Lipinski definition) is 2. The van der Waals surface area contributed by atoms with E-state index in [1.807, 2.05) is 6.08 Å². The molecule has 1 fully saturated rings. The lowest BCUT2D eigenvalue weighted by atomic mass is 9.94. The van der Waals surface area contributed by atoms with Gasteiger partial charge in [-0.3, -0.25) is 0 Å². The summed E-state index contributed by atoms with van der Waals surface area (Å²) in [4.78, 5) is 10.7. The maximum absolute atomic E-state index is 10.7. The molecule has 1 aliphatic heterocycles. The Morgan fingerprint density at radius 3 is 2.62 bits per heavy atom. The van der Waals surface area contributed by atoms with E-state index in [0.717, 1.165) is 12.8 Å². The van der Waals surface area contributed by atoms with Crippen LogP contribution in [0.25, 0.3) is 0 Å². The van der Waals surface area contributed by atoms with Crippen molar-refractivity contribution in [2.24, 2.45) is 11.8 Å². The molecule has 0 aromatic rings. The van der Waals surface area contributed by atoms with Gasteiger partial charge in [0.15, 0.2) is 12.4 Å². The molecule has 5 nitrogen and oxygen atoms in total. The second-order valence-corrected chi connectivity index (χ2v) is 8.48. The summed E-state index contributed by atoms with van der Waals surface area (Å²) < 4.78 is 12.3. The number of rotatable bonds is 13. The molecule has 5 atom stereocenters. The Morgan fingerprint density at radius 1 is 1.14 bits per heavy atom. The SMILES string of the molecule is CCCCCCC=CC1=C[C@H]2O[C@@H](C(C)C)O[C@H]2[C@@H]1CC=CCCC(O)C(=O)O. The number of fused-ring (bicyclic) bond motifs is 1. The molecule has 1 aliphatic carbocycles. The van der Waals surface area contributed by atoms with Crippen LogP contribution in [-0.4, -0.2) is 40.8 Å². The van der Waals surface area contributed by atoms with E-state index >= 15 is 0 Å². The van der Waals surface area contributed by atoms with Gasteiger partial charge in [-0.15, -0.1) is 0 Å². The minimum atomic E-state index is -1.29. The molecular weight excluding hydrogens is 368 g/mol. The van der Waals surface area contributed by atoms with Gasteiger partial charge in [-0.2, -0.15) is 0 Å². The Bertz CT molecular complexity index is 592. The molecule has 2 aliphatic rings. The van der Waals surface area contributed by atoms with Crippen molar-refractivity contribution in [1.82, 2.24) is 0 Å². The van der Waals surface area contributed by atoms with Crippen LogP contribution in [0.5, 0.6) is 0 Å². The molecule has 1 unspecified atom stereocenters. The van der Waals surface area contributed by atoms with Gasteiger partial charge in [-0.1, -0.05) is 64.3 Å². The number of aliphatic carboxylic acids is 1. The molecule has 0 aromatic heterocycles. The summed E-state index contributed by atoms with van der Waals surface area (Å²) in [7, 11) is 0. The lowest BCUT2D eigenvalue weighted by molar-refractivity contribution is -0.146. The first kappa shape index (κ1) is 23.8. The molecule has 0 aromatic carbocycles. The Balaban J connectivity index is 1.92. The number of ether oxygens (including phenoxy) is 2. The molecule has 2 N–H and O–H groups in total. The zero-order valence-electron chi connectivity index (χ0n) is 18.1. The van der Waals surface area contributed by atoms with Crippen molar-refractivity contribution in [1.29, 1.82) is 0 Å². The molecule has 0 spiro atoms. The van der Waals surface area contributed by atoms with Crippen LogP contribution in [0.3, 0.4) is 0 Å². The summed E-state index contributed by atoms with van der Waals surface area (Å²) in [6.45, 7) is 6.44. The standard InChI is InChI=1S/C24H38O5/c1-4-5-6-7-8-10-13-18-16-21-22(29-24(28-21)17(2)3)19(18)14-11-9-12-15-20(25)23(26)27/h9-11,13,16-17,19-22,24-25H,4-8,12,14-15H2,1-3H3,(H,26,27)/t19-,20?,21-,22+,24-/m1/s1. The van der Waals surface area contributed by atoms with E-state index in [4.69, 9.17) is 14.6 Å². The van der Waals surface area contributed by atoms with Crippen molar-refractivity contribution in [3.05, 3.63) is 36.0 Å². The average molecular weight is 407 g/mol. The molecule has 29 heavy (non-hydrogen) atoms. The summed E-state index contributed by atoms with van der Waals surface area (Å²) in [5.74, 6) is -0.598. The number of carbonyl (C=O) groups is 1. The third-order valence-electron chi connectivity index (χ3n) is 5.62. The molecule has 1 heterocycles. The topological polar surface area (TPSA) is 76.0 Å². The molecule has 0 amide bonds. The highest BCUT2D eigenvalue weighted by atomic mass is 16.7. The van der Waals surface area contributed by atoms with Crippen LogP contribution in [-0.2, 0) is 14.3 Å². The van der Waals surface area contributed by atoms with Gasteiger partial charge in [0, 0.05) is 11.8 Å². The van der Waals surface area contributed by atoms with E-state index in [1.165, 1.54) is 31.3 Å². The fourth-order valence-corrected chi connectivity index (χ4v) is 3.87. The fourth-order valence-electron chi connectivity index (χ4n) is 3.87. The van der Waals surface area contributed by atoms with E-state index < -0.39 is 12.1 Å². The molecule has 5 heteroatoms. The maximum Gasteiger partial charge on any atom is 0.332 e. The normalized spacial score (nSPS) is 27.8. The first-order valence-corrected chi connectivity index (χ1v) is 11.2. The van der Waals surface area contributed by atoms with Crippen molar-refractivity contribution in [3.63, 3.8) is 0 Å². The van der Waals surface area contributed by atoms with Crippen LogP contribution in [0.1, 0.15) is 72.1 Å². The van der Waals surface area contributed by atoms with E-state index in [1.54, 1.807) is 0 Å². The van der Waals surface area contributed by atoms with Crippen molar-refractivity contribution in [3.8, 4) is 0 Å². The van der Waals surface area contributed by atoms with Gasteiger partial charge in [0.05, 0.1) is 6.10 Å². The maximum atomic E-state index is 10.7. The highest BCUT2D eigenvalue weighted by Crippen LogP contribution is 2.41. The zero-order chi connectivity index (χ0) is 21.2. The second kappa shape index (κ2) is 12.3. The Kier molecular flexibility index (Phi) is 10.1. The largest absolute Gasteiger partial charge is 0.479 e. The monoisotopic (exact) mass is 406 g/mol. The van der Waals surface area contributed by atoms with Crippen LogP contribution in [0.15, 0.2) is 36.0 Å². The van der Waals surface area contributed by atoms with Crippen LogP contribution >= 0.6 is 0 Å². The summed E-state index contributed by atoms with van der Waals surface area (Å²) in [6.07, 6.45) is 17.1. The van der Waals surface area contributed by atoms with Crippen molar-refractivity contribution >= 4 is 5.97 Å². The molecule has 2 rings (SSSR count). The number of unbranched alkanes of at least 4 members (excludes halogenated alkanes) is 4. The highest BCUT2D eigenvalue weighted by Gasteiger charge is 2.45. The number of aliphatic hydroxyl groups is 1. The summed E-state index contributed by atoms with van der Waals surface area (Å²) in [6, 6.07) is 0. The van der Waals surface area contributed by atoms with E-state index in [-0.39, 0.29) is 30.8 Å². The molecular formula is C24H38O5. The fraction of sp³-hybridized carbons (Fsp3) is 0.708. The van der Waals surface area contributed by atoms with Crippen molar-refractivity contribution < 1.29 is 24.5 Å². The smallest absolute Gasteiger partial charge is 0.332 e. The van der Waals surface area contributed by atoms with Crippen molar-refractivity contribution in [2.45, 2.75) is 96.7 Å². The minimum Gasteiger partial charge on any atom is -0.479 e. The quantitative estimate of drug-likeness (QED) is 0.332. The first-order chi connectivity index (χ1) is 13.9. The van der Waals surface area contributed by atoms with Crippen LogP contribution in [0.2, 0.25) is 0 Å². The van der Waals surface area contributed by atoms with Crippen LogP contribution in [0, 0.1) is 11.8 Å². The number of hydrogen-bond acceptors (Lipinski definition) is 4. The zero-order valence-corrected chi connectivity index (χ0v) is 18.1. The first-order valence-electron chi connectivity index (χ1n) is 11.2. The summed E-state index contributed by atoms with van der Waals surface area (Å²) in [5, 5.41) is 18.1. The second-order valence-electron chi connectivity index (χ2n) is 8.48. The summed E-state index contributed by atoms with van der Waals surface area (Å²) in [5.41, 5.74) is 1.27. The van der Waals surface area contributed by atoms with Gasteiger partial charge in [0.2, 0.25) is 0 Å². The summed E-state index contributed by atoms with van der Waals surface area (Å²) >= 11 is 0. The lowest BCUT2D eigenvalue weighted by Crippen LogP contribution is -2.25. The van der Waals surface area contributed by atoms with Gasteiger partial charge in [0.1, 0.15) is 6.10 Å². The van der Waals surface area contributed by atoms with Crippen LogP contribution in [0.4, 0.5) is 0 Å². The van der Waals surface area contributed by atoms with Gasteiger partial charge >= 0.3 is 5.97 Å². The third-order valence-corrected chi connectivity index (χ3v) is 5.62.